The maximum atomic E-state index is 13.7. The Kier molecular flexibility index (Phi) is 6.78. The fourth-order valence-electron chi connectivity index (χ4n) is 4.31. The molecular formula is C27H29N3O4S. The fourth-order valence-corrected chi connectivity index (χ4v) is 5.81. The highest BCUT2D eigenvalue weighted by Crippen LogP contribution is 2.33. The van der Waals surface area contributed by atoms with E-state index in [0.717, 1.165) is 21.0 Å². The van der Waals surface area contributed by atoms with E-state index in [1.165, 1.54) is 17.0 Å². The Hall–Kier alpha value is -3.49. The second kappa shape index (κ2) is 9.64. The first-order chi connectivity index (χ1) is 16.6. The molecule has 3 aromatic carbocycles. The van der Waals surface area contributed by atoms with Crippen LogP contribution < -0.4 is 10.2 Å². The molecule has 1 aliphatic heterocycles. The lowest BCUT2D eigenvalue weighted by atomic mass is 9.93. The van der Waals surface area contributed by atoms with Crippen molar-refractivity contribution in [3.63, 3.8) is 0 Å². The Bertz CT molecular complexity index is 1340. The van der Waals surface area contributed by atoms with Gasteiger partial charge in [0.15, 0.2) is 0 Å². The zero-order chi connectivity index (χ0) is 25.2. The summed E-state index contributed by atoms with van der Waals surface area (Å²) < 4.78 is 27.9. The van der Waals surface area contributed by atoms with Gasteiger partial charge in [-0.3, -0.25) is 14.5 Å². The van der Waals surface area contributed by atoms with Gasteiger partial charge in [0, 0.05) is 18.8 Å². The Morgan fingerprint density at radius 2 is 1.57 bits per heavy atom. The number of carbonyl (C=O) groups excluding carboxylic acids is 2. The van der Waals surface area contributed by atoms with Crippen molar-refractivity contribution in [3.8, 4) is 0 Å². The topological polar surface area (TPSA) is 86.8 Å². The van der Waals surface area contributed by atoms with E-state index < -0.39 is 27.4 Å². The summed E-state index contributed by atoms with van der Waals surface area (Å²) in [6.07, 6.45) is 0. The van der Waals surface area contributed by atoms with Crippen molar-refractivity contribution >= 4 is 27.5 Å². The van der Waals surface area contributed by atoms with Gasteiger partial charge in [0.25, 0.3) is 0 Å². The first kappa shape index (κ1) is 24.6. The monoisotopic (exact) mass is 491 g/mol. The quantitative estimate of drug-likeness (QED) is 0.573. The van der Waals surface area contributed by atoms with Gasteiger partial charge in [-0.2, -0.15) is 4.31 Å². The minimum atomic E-state index is -3.98. The van der Waals surface area contributed by atoms with Crippen LogP contribution in [0, 0.1) is 13.8 Å². The lowest BCUT2D eigenvalue weighted by Crippen LogP contribution is -2.70. The van der Waals surface area contributed by atoms with Crippen LogP contribution in [0.15, 0.2) is 83.8 Å². The van der Waals surface area contributed by atoms with Gasteiger partial charge in [-0.15, -0.1) is 0 Å². The van der Waals surface area contributed by atoms with Crippen molar-refractivity contribution in [1.82, 2.24) is 9.62 Å². The molecule has 0 unspecified atom stereocenters. The Morgan fingerprint density at radius 1 is 0.943 bits per heavy atom. The fraction of sp³-hybridized carbons (Fsp3) is 0.259. The van der Waals surface area contributed by atoms with Crippen LogP contribution in [-0.4, -0.2) is 43.2 Å². The van der Waals surface area contributed by atoms with Crippen LogP contribution >= 0.6 is 0 Å². The minimum Gasteiger partial charge on any atom is -0.350 e. The van der Waals surface area contributed by atoms with Crippen molar-refractivity contribution in [3.05, 3.63) is 95.6 Å². The second-order valence-corrected chi connectivity index (χ2v) is 11.0. The molecule has 1 saturated heterocycles. The van der Waals surface area contributed by atoms with Gasteiger partial charge in [0.05, 0.1) is 11.4 Å². The van der Waals surface area contributed by atoms with Crippen molar-refractivity contribution in [1.29, 1.82) is 0 Å². The number of rotatable bonds is 6. The molecule has 2 amide bonds. The molecule has 1 aliphatic rings. The first-order valence-electron chi connectivity index (χ1n) is 11.4. The number of carbonyl (C=O) groups is 2. The summed E-state index contributed by atoms with van der Waals surface area (Å²) in [6.45, 7) is 5.25. The smallest absolute Gasteiger partial charge is 0.247 e. The van der Waals surface area contributed by atoms with E-state index in [1.54, 1.807) is 31.2 Å². The van der Waals surface area contributed by atoms with E-state index in [2.05, 4.69) is 5.32 Å². The van der Waals surface area contributed by atoms with Crippen molar-refractivity contribution in [2.75, 3.05) is 18.0 Å². The molecule has 1 N–H and O–H groups in total. The molecular weight excluding hydrogens is 462 g/mol. The summed E-state index contributed by atoms with van der Waals surface area (Å²) >= 11 is 0. The molecule has 3 aromatic rings. The van der Waals surface area contributed by atoms with E-state index in [0.29, 0.717) is 5.69 Å². The number of hydrogen-bond donors (Lipinski definition) is 1. The number of aryl methyl sites for hydroxylation is 2. The first-order valence-corrected chi connectivity index (χ1v) is 12.8. The number of nitrogens with one attached hydrogen (secondary N) is 1. The number of sulfonamides is 1. The van der Waals surface area contributed by atoms with E-state index in [9.17, 15) is 18.0 Å². The molecule has 1 heterocycles. The average Bonchev–Trinajstić information content (AvgIpc) is 2.85. The predicted molar refractivity (Wildman–Crippen MR) is 135 cm³/mol. The van der Waals surface area contributed by atoms with Crippen LogP contribution in [0.2, 0.25) is 0 Å². The van der Waals surface area contributed by atoms with Crippen LogP contribution in [0.5, 0.6) is 0 Å². The second-order valence-electron chi connectivity index (χ2n) is 9.03. The lowest BCUT2D eigenvalue weighted by molar-refractivity contribution is -0.133. The number of anilines is 1. The number of hydrogen-bond acceptors (Lipinski definition) is 4. The maximum Gasteiger partial charge on any atom is 0.247 e. The van der Waals surface area contributed by atoms with Gasteiger partial charge in [0.2, 0.25) is 21.8 Å². The molecule has 35 heavy (non-hydrogen) atoms. The highest BCUT2D eigenvalue weighted by molar-refractivity contribution is 7.89. The summed E-state index contributed by atoms with van der Waals surface area (Å²) in [5, 5.41) is 2.91. The average molecular weight is 492 g/mol. The summed E-state index contributed by atoms with van der Waals surface area (Å²) in [4.78, 5) is 28.7. The zero-order valence-electron chi connectivity index (χ0n) is 20.1. The molecule has 8 heteroatoms. The molecule has 4 rings (SSSR count). The summed E-state index contributed by atoms with van der Waals surface area (Å²) in [6, 6.07) is 22.9. The third-order valence-electron chi connectivity index (χ3n) is 6.45. The number of amides is 2. The summed E-state index contributed by atoms with van der Waals surface area (Å²) in [7, 11) is -3.98. The molecule has 1 fully saturated rings. The molecule has 0 saturated carbocycles. The SMILES string of the molecule is Cc1ccc(N2C(=O)CN(S(=O)(=O)c3ccccc3)C[C@@]2(C)C(=O)NCc2ccccc2)cc1C. The molecule has 0 bridgehead atoms. The highest BCUT2D eigenvalue weighted by atomic mass is 32.2. The largest absolute Gasteiger partial charge is 0.350 e. The van der Waals surface area contributed by atoms with Gasteiger partial charge in [-0.25, -0.2) is 8.42 Å². The van der Waals surface area contributed by atoms with Gasteiger partial charge < -0.3 is 5.32 Å². The normalized spacial score (nSPS) is 18.9. The Morgan fingerprint density at radius 3 is 2.20 bits per heavy atom. The molecule has 0 radical (unpaired) electrons. The van der Waals surface area contributed by atoms with Gasteiger partial charge >= 0.3 is 0 Å². The van der Waals surface area contributed by atoms with Crippen molar-refractivity contribution in [2.45, 2.75) is 37.8 Å². The molecule has 0 spiro atoms. The lowest BCUT2D eigenvalue weighted by Gasteiger charge is -2.46. The van der Waals surface area contributed by atoms with Gasteiger partial charge in [0.1, 0.15) is 5.54 Å². The van der Waals surface area contributed by atoms with Crippen LogP contribution in [0.3, 0.4) is 0 Å². The highest BCUT2D eigenvalue weighted by Gasteiger charge is 2.51. The number of nitrogens with zero attached hydrogens (tertiary/aromatic N) is 2. The number of benzene rings is 3. The van der Waals surface area contributed by atoms with Gasteiger partial charge in [-0.1, -0.05) is 54.6 Å². The molecule has 7 nitrogen and oxygen atoms in total. The van der Waals surface area contributed by atoms with Crippen molar-refractivity contribution in [2.24, 2.45) is 0 Å². The van der Waals surface area contributed by atoms with Crippen LogP contribution in [0.4, 0.5) is 5.69 Å². The summed E-state index contributed by atoms with van der Waals surface area (Å²) in [5.41, 5.74) is 2.03. The van der Waals surface area contributed by atoms with E-state index in [4.69, 9.17) is 0 Å². The van der Waals surface area contributed by atoms with E-state index in [-0.39, 0.29) is 24.5 Å². The van der Waals surface area contributed by atoms with Gasteiger partial charge in [-0.05, 0) is 61.7 Å². The summed E-state index contributed by atoms with van der Waals surface area (Å²) in [5.74, 6) is -0.891. The van der Waals surface area contributed by atoms with Crippen LogP contribution in [0.1, 0.15) is 23.6 Å². The number of piperazine rings is 1. The zero-order valence-corrected chi connectivity index (χ0v) is 20.9. The molecule has 1 atom stereocenters. The third-order valence-corrected chi connectivity index (χ3v) is 8.26. The van der Waals surface area contributed by atoms with Crippen molar-refractivity contribution < 1.29 is 18.0 Å². The van der Waals surface area contributed by atoms with E-state index >= 15 is 0 Å². The Balaban J connectivity index is 1.73. The Labute approximate surface area is 206 Å². The third kappa shape index (κ3) is 4.85. The van der Waals surface area contributed by atoms with E-state index in [1.807, 2.05) is 56.3 Å². The molecule has 0 aromatic heterocycles. The minimum absolute atomic E-state index is 0.0828. The molecule has 182 valence electrons. The standard InChI is InChI=1S/C27H29N3O4S/c1-20-14-15-23(16-21(20)2)30-25(31)18-29(35(33,34)24-12-8-5-9-13-24)19-27(30,3)26(32)28-17-22-10-6-4-7-11-22/h4-16H,17-19H2,1-3H3,(H,28,32)/t27-/m0/s1. The maximum absolute atomic E-state index is 13.7. The predicted octanol–water partition coefficient (Wildman–Crippen LogP) is 3.42. The van der Waals surface area contributed by atoms with Crippen LogP contribution in [-0.2, 0) is 26.2 Å². The van der Waals surface area contributed by atoms with Crippen LogP contribution in [0.25, 0.3) is 0 Å². The molecule has 0 aliphatic carbocycles.